The van der Waals surface area contributed by atoms with Gasteiger partial charge in [-0.2, -0.15) is 8.78 Å². The first-order valence-corrected chi connectivity index (χ1v) is 5.52. The molecule has 82 valence electrons. The molecule has 0 bridgehead atoms. The fourth-order valence-corrected chi connectivity index (χ4v) is 2.70. The van der Waals surface area contributed by atoms with Gasteiger partial charge in [0.1, 0.15) is 5.97 Å². The molecule has 0 N–H and O–H groups in total. The van der Waals surface area contributed by atoms with Crippen LogP contribution >= 0.6 is 0 Å². The van der Waals surface area contributed by atoms with Gasteiger partial charge in [0.05, 0.1) is 17.6 Å². The van der Waals surface area contributed by atoms with Crippen molar-refractivity contribution < 1.29 is 31.8 Å². The quantitative estimate of drug-likeness (QED) is 0.590. The molecule has 0 aromatic heterocycles. The molecule has 0 amide bonds. The Kier molecular flexibility index (Phi) is 2.77. The number of carbonyl (C=O) groups is 1. The predicted octanol–water partition coefficient (Wildman–Crippen LogP) is -1.47. The maximum Gasteiger partial charge on any atom is 0.397 e. The standard InChI is InChI=1S/C6H8F2O5S/c7-6(8,5(9)10)13-4-1-2-14(11,12)3-4/h4H,1-3H2,(H,9,10)/p-1. The number of carbonyl (C=O) groups excluding carboxylic acids is 1. The second-order valence-corrected chi connectivity index (χ2v) is 5.18. The maximum absolute atomic E-state index is 12.4. The average molecular weight is 229 g/mol. The monoisotopic (exact) mass is 229 g/mol. The number of hydrogen-bond acceptors (Lipinski definition) is 5. The van der Waals surface area contributed by atoms with Crippen molar-refractivity contribution in [1.82, 2.24) is 0 Å². The first-order chi connectivity index (χ1) is 6.23. The highest BCUT2D eigenvalue weighted by atomic mass is 32.2. The molecular weight excluding hydrogens is 222 g/mol. The van der Waals surface area contributed by atoms with Crippen LogP contribution in [0.2, 0.25) is 0 Å². The van der Waals surface area contributed by atoms with E-state index >= 15 is 0 Å². The smallest absolute Gasteiger partial charge is 0.397 e. The number of ether oxygens (including phenoxy) is 1. The van der Waals surface area contributed by atoms with E-state index in [1.165, 1.54) is 0 Å². The molecule has 1 aliphatic heterocycles. The summed E-state index contributed by atoms with van der Waals surface area (Å²) in [6, 6.07) is 0. The third kappa shape index (κ3) is 2.61. The Morgan fingerprint density at radius 1 is 1.50 bits per heavy atom. The first kappa shape index (κ1) is 11.3. The van der Waals surface area contributed by atoms with E-state index in [1.54, 1.807) is 0 Å². The fourth-order valence-electron chi connectivity index (χ4n) is 1.11. The van der Waals surface area contributed by atoms with E-state index in [1.807, 2.05) is 0 Å². The van der Waals surface area contributed by atoms with Crippen LogP contribution in [0.15, 0.2) is 0 Å². The van der Waals surface area contributed by atoms with Crippen molar-refractivity contribution in [1.29, 1.82) is 0 Å². The van der Waals surface area contributed by atoms with E-state index in [0.29, 0.717) is 0 Å². The van der Waals surface area contributed by atoms with Gasteiger partial charge in [0, 0.05) is 0 Å². The highest BCUT2D eigenvalue weighted by Gasteiger charge is 2.40. The lowest BCUT2D eigenvalue weighted by atomic mass is 10.3. The van der Waals surface area contributed by atoms with Gasteiger partial charge in [-0.25, -0.2) is 8.42 Å². The van der Waals surface area contributed by atoms with Crippen molar-refractivity contribution in [3.05, 3.63) is 0 Å². The van der Waals surface area contributed by atoms with E-state index in [4.69, 9.17) is 0 Å². The Balaban J connectivity index is 2.60. The zero-order chi connectivity index (χ0) is 11.0. The lowest BCUT2D eigenvalue weighted by Crippen LogP contribution is -2.45. The van der Waals surface area contributed by atoms with Gasteiger partial charge >= 0.3 is 6.11 Å². The van der Waals surface area contributed by atoms with E-state index in [9.17, 15) is 27.1 Å². The number of aliphatic carboxylic acids is 1. The molecule has 14 heavy (non-hydrogen) atoms. The summed E-state index contributed by atoms with van der Waals surface area (Å²) in [5.41, 5.74) is 0. The van der Waals surface area contributed by atoms with E-state index in [-0.39, 0.29) is 12.2 Å². The van der Waals surface area contributed by atoms with Crippen LogP contribution in [0, 0.1) is 0 Å². The minimum atomic E-state index is -4.43. The fraction of sp³-hybridized carbons (Fsp3) is 0.833. The molecule has 0 radical (unpaired) electrons. The summed E-state index contributed by atoms with van der Waals surface area (Å²) in [5, 5.41) is 9.83. The zero-order valence-corrected chi connectivity index (χ0v) is 7.72. The molecular formula is C6H7F2O5S-. The van der Waals surface area contributed by atoms with E-state index in [2.05, 4.69) is 4.74 Å². The average Bonchev–Trinajstić information content (AvgIpc) is 2.28. The van der Waals surface area contributed by atoms with Crippen LogP contribution in [0.25, 0.3) is 0 Å². The molecule has 0 saturated carbocycles. The van der Waals surface area contributed by atoms with Crippen molar-refractivity contribution in [2.45, 2.75) is 18.6 Å². The van der Waals surface area contributed by atoms with Crippen LogP contribution in [0.3, 0.4) is 0 Å². The second kappa shape index (κ2) is 3.43. The molecule has 1 heterocycles. The number of rotatable bonds is 3. The predicted molar refractivity (Wildman–Crippen MR) is 38.1 cm³/mol. The van der Waals surface area contributed by atoms with Crippen molar-refractivity contribution in [2.75, 3.05) is 11.5 Å². The minimum Gasteiger partial charge on any atom is -0.542 e. The molecule has 0 aromatic rings. The van der Waals surface area contributed by atoms with Crippen molar-refractivity contribution in [3.8, 4) is 0 Å². The van der Waals surface area contributed by atoms with Gasteiger partial charge in [0.2, 0.25) is 0 Å². The number of halogens is 2. The van der Waals surface area contributed by atoms with Crippen molar-refractivity contribution in [3.63, 3.8) is 0 Å². The van der Waals surface area contributed by atoms with E-state index < -0.39 is 33.8 Å². The molecule has 1 rings (SSSR count). The number of alkyl halides is 2. The van der Waals surface area contributed by atoms with Crippen molar-refractivity contribution >= 4 is 15.8 Å². The van der Waals surface area contributed by atoms with Gasteiger partial charge in [-0.15, -0.1) is 0 Å². The summed E-state index contributed by atoms with van der Waals surface area (Å²) in [4.78, 5) is 9.83. The Hall–Kier alpha value is -0.760. The molecule has 0 spiro atoms. The topological polar surface area (TPSA) is 83.5 Å². The Bertz CT molecular complexity index is 336. The maximum atomic E-state index is 12.4. The van der Waals surface area contributed by atoms with Crippen LogP contribution in [-0.4, -0.2) is 38.1 Å². The third-order valence-electron chi connectivity index (χ3n) is 1.74. The van der Waals surface area contributed by atoms with Gasteiger partial charge in [0.15, 0.2) is 9.84 Å². The molecule has 1 atom stereocenters. The Labute approximate surface area is 78.6 Å². The third-order valence-corrected chi connectivity index (χ3v) is 3.48. The van der Waals surface area contributed by atoms with Gasteiger partial charge in [-0.3, -0.25) is 0 Å². The highest BCUT2D eigenvalue weighted by Crippen LogP contribution is 2.23. The number of sulfone groups is 1. The summed E-state index contributed by atoms with van der Waals surface area (Å²) in [6.07, 6.45) is -5.82. The van der Waals surface area contributed by atoms with Crippen LogP contribution in [0.1, 0.15) is 6.42 Å². The molecule has 0 aliphatic carbocycles. The summed E-state index contributed by atoms with van der Waals surface area (Å²) in [7, 11) is -3.37. The zero-order valence-electron chi connectivity index (χ0n) is 6.90. The van der Waals surface area contributed by atoms with Gasteiger partial charge in [-0.1, -0.05) is 0 Å². The molecule has 1 aliphatic rings. The summed E-state index contributed by atoms with van der Waals surface area (Å²) < 4.78 is 50.2. The van der Waals surface area contributed by atoms with Crippen LogP contribution < -0.4 is 5.11 Å². The lowest BCUT2D eigenvalue weighted by molar-refractivity contribution is -0.367. The first-order valence-electron chi connectivity index (χ1n) is 3.70. The van der Waals surface area contributed by atoms with Crippen LogP contribution in [0.5, 0.6) is 0 Å². The lowest BCUT2D eigenvalue weighted by Gasteiger charge is -2.20. The number of hydrogen-bond donors (Lipinski definition) is 0. The van der Waals surface area contributed by atoms with Crippen LogP contribution in [-0.2, 0) is 19.4 Å². The summed E-state index contributed by atoms with van der Waals surface area (Å²) in [6.45, 7) is 0. The largest absolute Gasteiger partial charge is 0.542 e. The summed E-state index contributed by atoms with van der Waals surface area (Å²) >= 11 is 0. The van der Waals surface area contributed by atoms with Gasteiger partial charge < -0.3 is 14.6 Å². The molecule has 5 nitrogen and oxygen atoms in total. The highest BCUT2D eigenvalue weighted by molar-refractivity contribution is 7.91. The van der Waals surface area contributed by atoms with Crippen LogP contribution in [0.4, 0.5) is 8.78 Å². The van der Waals surface area contributed by atoms with Gasteiger partial charge in [0.25, 0.3) is 0 Å². The molecule has 8 heteroatoms. The number of carboxylic acids is 1. The second-order valence-electron chi connectivity index (χ2n) is 2.95. The summed E-state index contributed by atoms with van der Waals surface area (Å²) in [5.74, 6) is -3.50. The molecule has 1 unspecified atom stereocenters. The SMILES string of the molecule is O=C([O-])C(F)(F)OC1CCS(=O)(=O)C1. The minimum absolute atomic E-state index is 0.120. The van der Waals surface area contributed by atoms with Gasteiger partial charge in [-0.05, 0) is 6.42 Å². The van der Waals surface area contributed by atoms with Crippen molar-refractivity contribution in [2.24, 2.45) is 0 Å². The Morgan fingerprint density at radius 3 is 2.43 bits per heavy atom. The molecule has 0 aromatic carbocycles. The normalized spacial score (nSPS) is 26.3. The molecule has 1 saturated heterocycles. The Morgan fingerprint density at radius 2 is 2.07 bits per heavy atom. The van der Waals surface area contributed by atoms with E-state index in [0.717, 1.165) is 0 Å². The molecule has 1 fully saturated rings. The number of carboxylic acid groups (broad SMARTS) is 1.